The Morgan fingerprint density at radius 2 is 1.90 bits per heavy atom. The monoisotopic (exact) mass is 368 g/mol. The van der Waals surface area contributed by atoms with Crippen LogP contribution in [0.3, 0.4) is 0 Å². The third-order valence-electron chi connectivity index (χ3n) is 3.14. The minimum absolute atomic E-state index is 0.106. The predicted octanol–water partition coefficient (Wildman–Crippen LogP) is 3.38. The van der Waals surface area contributed by atoms with Crippen molar-refractivity contribution in [3.63, 3.8) is 0 Å². The number of rotatable bonds is 4. The van der Waals surface area contributed by atoms with Crippen molar-refractivity contribution >= 4 is 31.6 Å². The molecule has 0 saturated heterocycles. The lowest BCUT2D eigenvalue weighted by Gasteiger charge is -2.16. The zero-order valence-electron chi connectivity index (χ0n) is 11.8. The average molecular weight is 369 g/mol. The largest absolute Gasteiger partial charge is 0.398 e. The first-order valence-electron chi connectivity index (χ1n) is 6.43. The fourth-order valence-corrected chi connectivity index (χ4v) is 3.81. The molecule has 0 radical (unpaired) electrons. The summed E-state index contributed by atoms with van der Waals surface area (Å²) in [5.74, 6) is 0. The lowest BCUT2D eigenvalue weighted by molar-refractivity contribution is 0.567. The molecule has 2 rings (SSSR count). The summed E-state index contributed by atoms with van der Waals surface area (Å²) >= 11 is 3.38. The molecule has 0 spiro atoms. The molecule has 112 valence electrons. The Labute approximate surface area is 133 Å². The number of aryl methyl sites for hydroxylation is 1. The average Bonchev–Trinajstić information content (AvgIpc) is 2.37. The minimum Gasteiger partial charge on any atom is -0.398 e. The Kier molecular flexibility index (Phi) is 4.70. The maximum atomic E-state index is 12.4. The van der Waals surface area contributed by atoms with Crippen molar-refractivity contribution < 1.29 is 8.42 Å². The minimum atomic E-state index is -3.66. The van der Waals surface area contributed by atoms with Crippen molar-refractivity contribution in [1.29, 1.82) is 0 Å². The van der Waals surface area contributed by atoms with E-state index in [9.17, 15) is 8.42 Å². The quantitative estimate of drug-likeness (QED) is 0.812. The molecule has 2 aromatic carbocycles. The van der Waals surface area contributed by atoms with E-state index in [0.29, 0.717) is 0 Å². The Balaban J connectivity index is 2.29. The summed E-state index contributed by atoms with van der Waals surface area (Å²) in [7, 11) is -3.66. The zero-order chi connectivity index (χ0) is 15.6. The highest BCUT2D eigenvalue weighted by Gasteiger charge is 2.20. The van der Waals surface area contributed by atoms with Gasteiger partial charge in [0.15, 0.2) is 0 Å². The normalized spacial score (nSPS) is 13.1. The van der Waals surface area contributed by atoms with Crippen molar-refractivity contribution in [2.75, 3.05) is 5.73 Å². The van der Waals surface area contributed by atoms with Gasteiger partial charge in [0.1, 0.15) is 4.90 Å². The number of hydrogen-bond donors (Lipinski definition) is 2. The van der Waals surface area contributed by atoms with Gasteiger partial charge < -0.3 is 5.73 Å². The van der Waals surface area contributed by atoms with Crippen molar-refractivity contribution in [2.24, 2.45) is 0 Å². The summed E-state index contributed by atoms with van der Waals surface area (Å²) in [4.78, 5) is 0.106. The van der Waals surface area contributed by atoms with Crippen LogP contribution in [0, 0.1) is 6.92 Å². The first-order valence-corrected chi connectivity index (χ1v) is 8.71. The maximum absolute atomic E-state index is 12.4. The van der Waals surface area contributed by atoms with Crippen LogP contribution in [-0.4, -0.2) is 8.42 Å². The Morgan fingerprint density at radius 1 is 1.19 bits per heavy atom. The number of nitrogens with two attached hydrogens (primary N) is 1. The van der Waals surface area contributed by atoms with Crippen molar-refractivity contribution in [3.05, 3.63) is 58.1 Å². The second kappa shape index (κ2) is 6.17. The molecular formula is C15H17BrN2O2S. The van der Waals surface area contributed by atoms with Crippen LogP contribution in [-0.2, 0) is 10.0 Å². The number of nitrogen functional groups attached to an aromatic ring is 1. The van der Waals surface area contributed by atoms with Crippen molar-refractivity contribution in [3.8, 4) is 0 Å². The van der Waals surface area contributed by atoms with E-state index in [4.69, 9.17) is 5.73 Å². The second-order valence-electron chi connectivity index (χ2n) is 4.94. The van der Waals surface area contributed by atoms with E-state index < -0.39 is 10.0 Å². The van der Waals surface area contributed by atoms with E-state index in [1.807, 2.05) is 31.2 Å². The topological polar surface area (TPSA) is 72.2 Å². The smallest absolute Gasteiger partial charge is 0.243 e. The molecule has 4 nitrogen and oxygen atoms in total. The molecule has 0 saturated carbocycles. The van der Waals surface area contributed by atoms with Crippen LogP contribution in [0.25, 0.3) is 0 Å². The van der Waals surface area contributed by atoms with E-state index >= 15 is 0 Å². The molecule has 1 atom stereocenters. The Morgan fingerprint density at radius 3 is 2.52 bits per heavy atom. The maximum Gasteiger partial charge on any atom is 0.243 e. The highest BCUT2D eigenvalue weighted by atomic mass is 79.9. The van der Waals surface area contributed by atoms with E-state index in [-0.39, 0.29) is 16.6 Å². The number of halogens is 1. The third kappa shape index (κ3) is 3.84. The molecule has 21 heavy (non-hydrogen) atoms. The van der Waals surface area contributed by atoms with Gasteiger partial charge in [0.2, 0.25) is 10.0 Å². The summed E-state index contributed by atoms with van der Waals surface area (Å²) in [6.45, 7) is 3.66. The molecule has 3 N–H and O–H groups in total. The number of nitrogens with one attached hydrogen (secondary N) is 1. The van der Waals surface area contributed by atoms with Gasteiger partial charge in [0.25, 0.3) is 0 Å². The molecule has 0 bridgehead atoms. The molecular weight excluding hydrogens is 352 g/mol. The van der Waals surface area contributed by atoms with Crippen molar-refractivity contribution in [1.82, 2.24) is 4.72 Å². The molecule has 0 amide bonds. The molecule has 0 aliphatic heterocycles. The van der Waals surface area contributed by atoms with E-state index in [2.05, 4.69) is 20.7 Å². The van der Waals surface area contributed by atoms with Crippen LogP contribution < -0.4 is 10.5 Å². The highest BCUT2D eigenvalue weighted by Crippen LogP contribution is 2.23. The zero-order valence-corrected chi connectivity index (χ0v) is 14.2. The van der Waals surface area contributed by atoms with Gasteiger partial charge in [-0.2, -0.15) is 0 Å². The summed E-state index contributed by atoms with van der Waals surface area (Å²) in [5.41, 5.74) is 7.87. The Bertz CT molecular complexity index is 760. The fraction of sp³-hybridized carbons (Fsp3) is 0.200. The van der Waals surface area contributed by atoms with Crippen LogP contribution in [0.5, 0.6) is 0 Å². The third-order valence-corrected chi connectivity index (χ3v) is 5.24. The van der Waals surface area contributed by atoms with Crippen LogP contribution in [0.4, 0.5) is 5.69 Å². The van der Waals surface area contributed by atoms with Gasteiger partial charge in [-0.05, 0) is 49.2 Å². The van der Waals surface area contributed by atoms with Crippen LogP contribution in [0.1, 0.15) is 24.1 Å². The fourth-order valence-electron chi connectivity index (χ4n) is 2.05. The molecule has 0 fully saturated rings. The SMILES string of the molecule is Cc1ccc(S(=O)(=O)NC(C)c2cccc(Br)c2)c(N)c1. The molecule has 0 heterocycles. The first-order chi connectivity index (χ1) is 9.79. The summed E-state index contributed by atoms with van der Waals surface area (Å²) in [5, 5.41) is 0. The van der Waals surface area contributed by atoms with Gasteiger partial charge in [-0.25, -0.2) is 13.1 Å². The summed E-state index contributed by atoms with van der Waals surface area (Å²) in [6.07, 6.45) is 0. The van der Waals surface area contributed by atoms with Gasteiger partial charge in [-0.15, -0.1) is 0 Å². The summed E-state index contributed by atoms with van der Waals surface area (Å²) < 4.78 is 28.4. The number of anilines is 1. The van der Waals surface area contributed by atoms with Crippen LogP contribution >= 0.6 is 15.9 Å². The molecule has 0 aliphatic carbocycles. The van der Waals surface area contributed by atoms with Gasteiger partial charge in [0.05, 0.1) is 5.69 Å². The first kappa shape index (κ1) is 16.0. The highest BCUT2D eigenvalue weighted by molar-refractivity contribution is 9.10. The predicted molar refractivity (Wildman–Crippen MR) is 88.5 cm³/mol. The Hall–Kier alpha value is -1.37. The molecule has 2 aromatic rings. The van der Waals surface area contributed by atoms with Gasteiger partial charge in [0, 0.05) is 10.5 Å². The molecule has 6 heteroatoms. The number of sulfonamides is 1. The van der Waals surface area contributed by atoms with E-state index in [1.165, 1.54) is 6.07 Å². The standard InChI is InChI=1S/C15H17BrN2O2S/c1-10-6-7-15(14(17)8-10)21(19,20)18-11(2)12-4-3-5-13(16)9-12/h3-9,11,18H,17H2,1-2H3. The molecule has 0 aliphatic rings. The van der Waals surface area contributed by atoms with Crippen LogP contribution in [0.15, 0.2) is 51.8 Å². The van der Waals surface area contributed by atoms with E-state index in [0.717, 1.165) is 15.6 Å². The van der Waals surface area contributed by atoms with E-state index in [1.54, 1.807) is 19.1 Å². The molecule has 0 aromatic heterocycles. The van der Waals surface area contributed by atoms with Gasteiger partial charge in [-0.3, -0.25) is 0 Å². The number of hydrogen-bond acceptors (Lipinski definition) is 3. The number of benzene rings is 2. The van der Waals surface area contributed by atoms with Crippen LogP contribution in [0.2, 0.25) is 0 Å². The van der Waals surface area contributed by atoms with Crippen molar-refractivity contribution in [2.45, 2.75) is 24.8 Å². The summed E-state index contributed by atoms with van der Waals surface area (Å²) in [6, 6.07) is 12.1. The van der Waals surface area contributed by atoms with Gasteiger partial charge in [-0.1, -0.05) is 34.1 Å². The lowest BCUT2D eigenvalue weighted by Crippen LogP contribution is -2.27. The molecule has 1 unspecified atom stereocenters. The second-order valence-corrected chi connectivity index (χ2v) is 7.54. The lowest BCUT2D eigenvalue weighted by atomic mass is 10.1. The van der Waals surface area contributed by atoms with Gasteiger partial charge >= 0.3 is 0 Å².